The lowest BCUT2D eigenvalue weighted by Gasteiger charge is -2.28. The van der Waals surface area contributed by atoms with Crippen molar-refractivity contribution in [2.75, 3.05) is 31.2 Å². The molecule has 1 aliphatic heterocycles. The Labute approximate surface area is 149 Å². The first kappa shape index (κ1) is 17.9. The first-order valence-electron chi connectivity index (χ1n) is 8.46. The van der Waals surface area contributed by atoms with Gasteiger partial charge in [0.1, 0.15) is 0 Å². The Bertz CT molecular complexity index is 798. The van der Waals surface area contributed by atoms with Crippen LogP contribution in [-0.4, -0.2) is 34.7 Å². The molecule has 1 N–H and O–H groups in total. The third-order valence-electron chi connectivity index (χ3n) is 4.25. The summed E-state index contributed by atoms with van der Waals surface area (Å²) < 4.78 is 32.6. The number of hydrogen-bond donors (Lipinski definition) is 1. The highest BCUT2D eigenvalue weighted by Gasteiger charge is 2.13. The van der Waals surface area contributed by atoms with Crippen LogP contribution in [0.2, 0.25) is 0 Å². The van der Waals surface area contributed by atoms with Crippen molar-refractivity contribution in [2.45, 2.75) is 19.2 Å². The molecule has 0 bridgehead atoms. The Morgan fingerprint density at radius 3 is 2.44 bits per heavy atom. The molecule has 0 saturated carbocycles. The van der Waals surface area contributed by atoms with Gasteiger partial charge in [-0.25, -0.2) is 13.1 Å². The summed E-state index contributed by atoms with van der Waals surface area (Å²) in [6.45, 7) is 5.54. The predicted octanol–water partition coefficient (Wildman–Crippen LogP) is 2.45. The molecule has 0 radical (unpaired) electrons. The molecule has 0 spiro atoms. The predicted molar refractivity (Wildman–Crippen MR) is 100 cm³/mol. The highest BCUT2D eigenvalue weighted by atomic mass is 32.2. The average molecular weight is 360 g/mol. The van der Waals surface area contributed by atoms with Crippen LogP contribution in [0.25, 0.3) is 0 Å². The minimum Gasteiger partial charge on any atom is -0.378 e. The fourth-order valence-electron chi connectivity index (χ4n) is 2.91. The maximum absolute atomic E-state index is 12.3. The van der Waals surface area contributed by atoms with E-state index in [4.69, 9.17) is 4.74 Å². The zero-order valence-electron chi connectivity index (χ0n) is 14.4. The van der Waals surface area contributed by atoms with Gasteiger partial charge in [0.25, 0.3) is 0 Å². The summed E-state index contributed by atoms with van der Waals surface area (Å²) in [6.07, 6.45) is 0. The molecule has 0 amide bonds. The number of sulfonamides is 1. The number of ether oxygens (including phenoxy) is 1. The summed E-state index contributed by atoms with van der Waals surface area (Å²) in [6, 6.07) is 15.6. The highest BCUT2D eigenvalue weighted by Crippen LogP contribution is 2.17. The zero-order valence-corrected chi connectivity index (χ0v) is 15.3. The number of anilines is 1. The van der Waals surface area contributed by atoms with Gasteiger partial charge in [-0.2, -0.15) is 0 Å². The lowest BCUT2D eigenvalue weighted by Crippen LogP contribution is -2.36. The minimum atomic E-state index is -3.36. The number of aryl methyl sites for hydroxylation is 1. The van der Waals surface area contributed by atoms with E-state index in [1.54, 1.807) is 0 Å². The minimum absolute atomic E-state index is 0.000537. The molecule has 1 saturated heterocycles. The Morgan fingerprint density at radius 1 is 1.04 bits per heavy atom. The van der Waals surface area contributed by atoms with E-state index in [0.29, 0.717) is 6.54 Å². The molecule has 2 aromatic rings. The quantitative estimate of drug-likeness (QED) is 0.860. The Kier molecular flexibility index (Phi) is 5.73. The molecule has 134 valence electrons. The molecule has 2 aromatic carbocycles. The van der Waals surface area contributed by atoms with Crippen LogP contribution in [0, 0.1) is 6.92 Å². The number of rotatable bonds is 6. The van der Waals surface area contributed by atoms with Crippen molar-refractivity contribution in [3.05, 3.63) is 65.2 Å². The van der Waals surface area contributed by atoms with E-state index >= 15 is 0 Å². The van der Waals surface area contributed by atoms with Gasteiger partial charge in [-0.05, 0) is 30.2 Å². The van der Waals surface area contributed by atoms with E-state index in [1.165, 1.54) is 0 Å². The molecular formula is C19H24N2O3S. The number of hydrogen-bond acceptors (Lipinski definition) is 4. The molecule has 6 heteroatoms. The number of morpholine rings is 1. The van der Waals surface area contributed by atoms with Gasteiger partial charge >= 0.3 is 0 Å². The fourth-order valence-corrected chi connectivity index (χ4v) is 4.02. The Morgan fingerprint density at radius 2 is 1.76 bits per heavy atom. The smallest absolute Gasteiger partial charge is 0.216 e. The topological polar surface area (TPSA) is 58.6 Å². The zero-order chi connectivity index (χ0) is 17.7. The van der Waals surface area contributed by atoms with Crippen molar-refractivity contribution in [3.63, 3.8) is 0 Å². The van der Waals surface area contributed by atoms with Gasteiger partial charge in [-0.15, -0.1) is 0 Å². The van der Waals surface area contributed by atoms with Crippen LogP contribution >= 0.6 is 0 Å². The molecule has 0 aliphatic carbocycles. The molecule has 1 aliphatic rings. The van der Waals surface area contributed by atoms with Gasteiger partial charge in [0, 0.05) is 25.3 Å². The second-order valence-corrected chi connectivity index (χ2v) is 8.14. The fraction of sp³-hybridized carbons (Fsp3) is 0.368. The van der Waals surface area contributed by atoms with Crippen LogP contribution in [-0.2, 0) is 27.1 Å². The van der Waals surface area contributed by atoms with Crippen LogP contribution in [0.15, 0.2) is 48.5 Å². The van der Waals surface area contributed by atoms with E-state index < -0.39 is 10.0 Å². The van der Waals surface area contributed by atoms with Crippen molar-refractivity contribution < 1.29 is 13.2 Å². The Hall–Kier alpha value is -1.89. The maximum atomic E-state index is 12.3. The molecule has 25 heavy (non-hydrogen) atoms. The summed E-state index contributed by atoms with van der Waals surface area (Å²) in [5.41, 5.74) is 3.96. The lowest BCUT2D eigenvalue weighted by atomic mass is 10.2. The molecule has 1 fully saturated rings. The normalized spacial score (nSPS) is 15.3. The second-order valence-electron chi connectivity index (χ2n) is 6.34. The first-order chi connectivity index (χ1) is 12.0. The standard InChI is InChI=1S/C19H24N2O3S/c1-16-3-2-4-18(13-16)15-25(22,23)20-14-17-5-7-19(8-6-17)21-9-11-24-12-10-21/h2-8,13,20H,9-12,14-15H2,1H3. The molecule has 0 atom stereocenters. The SMILES string of the molecule is Cc1cccc(CS(=O)(=O)NCc2ccc(N3CCOCC3)cc2)c1. The summed E-state index contributed by atoms with van der Waals surface area (Å²) >= 11 is 0. The summed E-state index contributed by atoms with van der Waals surface area (Å²) in [7, 11) is -3.36. The van der Waals surface area contributed by atoms with Crippen LogP contribution in [0.5, 0.6) is 0 Å². The summed E-state index contributed by atoms with van der Waals surface area (Å²) in [5, 5.41) is 0. The largest absolute Gasteiger partial charge is 0.378 e. The molecule has 5 nitrogen and oxygen atoms in total. The Balaban J connectivity index is 1.57. The van der Waals surface area contributed by atoms with E-state index in [-0.39, 0.29) is 5.75 Å². The van der Waals surface area contributed by atoms with Crippen LogP contribution < -0.4 is 9.62 Å². The van der Waals surface area contributed by atoms with Crippen LogP contribution in [0.3, 0.4) is 0 Å². The van der Waals surface area contributed by atoms with Gasteiger partial charge in [0.2, 0.25) is 10.0 Å². The summed E-state index contributed by atoms with van der Waals surface area (Å²) in [5.74, 6) is 0.000537. The first-order valence-corrected chi connectivity index (χ1v) is 10.1. The van der Waals surface area contributed by atoms with Crippen molar-refractivity contribution in [3.8, 4) is 0 Å². The highest BCUT2D eigenvalue weighted by molar-refractivity contribution is 7.88. The van der Waals surface area contributed by atoms with Gasteiger partial charge in [-0.1, -0.05) is 42.0 Å². The van der Waals surface area contributed by atoms with Gasteiger partial charge in [-0.3, -0.25) is 0 Å². The molecular weight excluding hydrogens is 336 g/mol. The van der Waals surface area contributed by atoms with E-state index in [0.717, 1.165) is 48.7 Å². The van der Waals surface area contributed by atoms with Gasteiger partial charge in [0.15, 0.2) is 0 Å². The lowest BCUT2D eigenvalue weighted by molar-refractivity contribution is 0.122. The van der Waals surface area contributed by atoms with Crippen molar-refractivity contribution in [1.82, 2.24) is 4.72 Å². The average Bonchev–Trinajstić information content (AvgIpc) is 2.61. The van der Waals surface area contributed by atoms with Crippen molar-refractivity contribution in [1.29, 1.82) is 0 Å². The van der Waals surface area contributed by atoms with Crippen LogP contribution in [0.1, 0.15) is 16.7 Å². The van der Waals surface area contributed by atoms with Gasteiger partial charge < -0.3 is 9.64 Å². The van der Waals surface area contributed by atoms with E-state index in [2.05, 4.69) is 9.62 Å². The molecule has 0 unspecified atom stereocenters. The monoisotopic (exact) mass is 360 g/mol. The third kappa shape index (κ3) is 5.29. The van der Waals surface area contributed by atoms with E-state index in [9.17, 15) is 8.42 Å². The van der Waals surface area contributed by atoms with Gasteiger partial charge in [0.05, 0.1) is 19.0 Å². The molecule has 1 heterocycles. The third-order valence-corrected chi connectivity index (χ3v) is 5.55. The van der Waals surface area contributed by atoms with Crippen molar-refractivity contribution >= 4 is 15.7 Å². The number of nitrogens with one attached hydrogen (secondary N) is 1. The van der Waals surface area contributed by atoms with E-state index in [1.807, 2.05) is 55.5 Å². The maximum Gasteiger partial charge on any atom is 0.216 e. The molecule has 0 aromatic heterocycles. The summed E-state index contributed by atoms with van der Waals surface area (Å²) in [4.78, 5) is 2.27. The van der Waals surface area contributed by atoms with Crippen LogP contribution in [0.4, 0.5) is 5.69 Å². The molecule has 3 rings (SSSR count). The number of benzene rings is 2. The number of nitrogens with zero attached hydrogens (tertiary/aromatic N) is 1. The second kappa shape index (κ2) is 7.99. The van der Waals surface area contributed by atoms with Crippen molar-refractivity contribution in [2.24, 2.45) is 0 Å².